The summed E-state index contributed by atoms with van der Waals surface area (Å²) in [6, 6.07) is 25.7. The average Bonchev–Trinajstić information content (AvgIpc) is 3.53. The van der Waals surface area contributed by atoms with Gasteiger partial charge in [0.05, 0.1) is 24.6 Å². The Kier molecular flexibility index (Phi) is 7.37. The number of aliphatic imine (C=N–C) groups is 1. The molecule has 0 aliphatic carbocycles. The molecule has 2 aliphatic heterocycles. The number of benzene rings is 3. The van der Waals surface area contributed by atoms with E-state index in [-0.39, 0.29) is 24.3 Å². The molecule has 3 aromatic carbocycles. The van der Waals surface area contributed by atoms with Gasteiger partial charge < -0.3 is 10.1 Å². The highest BCUT2D eigenvalue weighted by Gasteiger charge is 2.39. The van der Waals surface area contributed by atoms with E-state index in [0.29, 0.717) is 23.0 Å². The number of amides is 2. The number of amidine groups is 1. The molecular formula is C29H28N4O3S. The Morgan fingerprint density at radius 2 is 1.78 bits per heavy atom. The molecule has 2 amide bonds. The van der Waals surface area contributed by atoms with Crippen molar-refractivity contribution in [3.05, 3.63) is 95.6 Å². The minimum atomic E-state index is -0.608. The molecular weight excluding hydrogens is 484 g/mol. The highest BCUT2D eigenvalue weighted by molar-refractivity contribution is 8.15. The summed E-state index contributed by atoms with van der Waals surface area (Å²) in [5.74, 6) is -0.0259. The van der Waals surface area contributed by atoms with Gasteiger partial charge in [-0.1, -0.05) is 85.4 Å². The van der Waals surface area contributed by atoms with E-state index in [9.17, 15) is 9.59 Å². The SMILES string of the molecule is CCc1ccc([C@@H]2CC(c3ccccc3)=NN2C2=NC(=O)[C@H](CC(=O)Nc3ccccc3OC)S2)cc1. The molecule has 8 heteroatoms. The Morgan fingerprint density at radius 3 is 2.51 bits per heavy atom. The molecule has 7 nitrogen and oxygen atoms in total. The lowest BCUT2D eigenvalue weighted by molar-refractivity contribution is -0.121. The van der Waals surface area contributed by atoms with E-state index in [1.165, 1.54) is 17.3 Å². The number of ether oxygens (including phenoxy) is 1. The van der Waals surface area contributed by atoms with Gasteiger partial charge in [0.2, 0.25) is 5.91 Å². The third-order valence-electron chi connectivity index (χ3n) is 6.47. The number of hydrogen-bond acceptors (Lipinski definition) is 6. The highest BCUT2D eigenvalue weighted by Crippen LogP contribution is 2.38. The van der Waals surface area contributed by atoms with Crippen LogP contribution >= 0.6 is 11.8 Å². The number of carbonyl (C=O) groups is 2. The second-order valence-corrected chi connectivity index (χ2v) is 10.0. The topological polar surface area (TPSA) is 83.4 Å². The zero-order valence-corrected chi connectivity index (χ0v) is 21.6. The number of rotatable bonds is 7. The minimum Gasteiger partial charge on any atom is -0.495 e. The zero-order chi connectivity index (χ0) is 25.8. The van der Waals surface area contributed by atoms with Crippen LogP contribution < -0.4 is 10.1 Å². The smallest absolute Gasteiger partial charge is 0.262 e. The van der Waals surface area contributed by atoms with Crippen molar-refractivity contribution < 1.29 is 14.3 Å². The molecule has 0 saturated heterocycles. The molecule has 0 bridgehead atoms. The van der Waals surface area contributed by atoms with E-state index in [1.807, 2.05) is 47.5 Å². The third kappa shape index (κ3) is 5.44. The second kappa shape index (κ2) is 11.0. The molecule has 2 atom stereocenters. The maximum absolute atomic E-state index is 12.8. The molecule has 0 aromatic heterocycles. The Hall–Kier alpha value is -3.91. The summed E-state index contributed by atoms with van der Waals surface area (Å²) in [5.41, 5.74) is 4.93. The third-order valence-corrected chi connectivity index (χ3v) is 7.61. The van der Waals surface area contributed by atoms with Gasteiger partial charge in [0.25, 0.3) is 5.91 Å². The van der Waals surface area contributed by atoms with E-state index in [2.05, 4.69) is 41.5 Å². The van der Waals surface area contributed by atoms with Crippen LogP contribution in [0.3, 0.4) is 0 Å². The fourth-order valence-corrected chi connectivity index (χ4v) is 5.51. The molecule has 0 saturated carbocycles. The standard InChI is InChI=1S/C29H28N4O3S/c1-3-19-13-15-21(16-14-19)24-17-23(20-9-5-4-6-10-20)32-33(24)29-31-28(35)26(37-29)18-27(34)30-22-11-7-8-12-25(22)36-2/h4-16,24,26H,3,17-18H2,1-2H3,(H,30,34)/t24-,26-/m0/s1. The Morgan fingerprint density at radius 1 is 1.05 bits per heavy atom. The fraction of sp³-hybridized carbons (Fsp3) is 0.241. The Bertz CT molecular complexity index is 1360. The van der Waals surface area contributed by atoms with Crippen LogP contribution in [0.1, 0.15) is 42.5 Å². The number of anilines is 1. The number of methoxy groups -OCH3 is 1. The molecule has 0 spiro atoms. The molecule has 188 valence electrons. The van der Waals surface area contributed by atoms with Crippen LogP contribution in [-0.4, -0.2) is 40.1 Å². The molecule has 1 N–H and O–H groups in total. The summed E-state index contributed by atoms with van der Waals surface area (Å²) >= 11 is 1.30. The zero-order valence-electron chi connectivity index (χ0n) is 20.8. The van der Waals surface area contributed by atoms with Crippen LogP contribution in [0.2, 0.25) is 0 Å². The summed E-state index contributed by atoms with van der Waals surface area (Å²) in [6.45, 7) is 2.13. The van der Waals surface area contributed by atoms with Crippen molar-refractivity contribution in [3.63, 3.8) is 0 Å². The van der Waals surface area contributed by atoms with Gasteiger partial charge in [0.15, 0.2) is 5.17 Å². The number of nitrogens with one attached hydrogen (secondary N) is 1. The van der Waals surface area contributed by atoms with Crippen molar-refractivity contribution in [2.45, 2.75) is 37.5 Å². The van der Waals surface area contributed by atoms with E-state index in [0.717, 1.165) is 23.3 Å². The van der Waals surface area contributed by atoms with Gasteiger partial charge in [-0.3, -0.25) is 9.59 Å². The Labute approximate surface area is 220 Å². The molecule has 2 heterocycles. The quantitative estimate of drug-likeness (QED) is 0.456. The summed E-state index contributed by atoms with van der Waals surface area (Å²) in [4.78, 5) is 29.9. The van der Waals surface area contributed by atoms with Crippen LogP contribution in [0.4, 0.5) is 5.69 Å². The van der Waals surface area contributed by atoms with Gasteiger partial charge in [0, 0.05) is 12.8 Å². The lowest BCUT2D eigenvalue weighted by Crippen LogP contribution is -2.25. The van der Waals surface area contributed by atoms with Gasteiger partial charge in [0.1, 0.15) is 11.0 Å². The number of hydrazone groups is 1. The summed E-state index contributed by atoms with van der Waals surface area (Å²) in [6.07, 6.45) is 1.67. The van der Waals surface area contributed by atoms with E-state index >= 15 is 0 Å². The Balaban J connectivity index is 1.34. The number of para-hydroxylation sites is 2. The second-order valence-electron chi connectivity index (χ2n) is 8.86. The predicted octanol–water partition coefficient (Wildman–Crippen LogP) is 5.44. The maximum Gasteiger partial charge on any atom is 0.262 e. The number of thioether (sulfide) groups is 1. The van der Waals surface area contributed by atoms with E-state index < -0.39 is 5.25 Å². The normalized spacial score (nSPS) is 19.0. The first-order chi connectivity index (χ1) is 18.1. The minimum absolute atomic E-state index is 0.00745. The van der Waals surface area contributed by atoms with Crippen molar-refractivity contribution in [2.24, 2.45) is 10.1 Å². The fourth-order valence-electron chi connectivity index (χ4n) is 4.45. The molecule has 0 fully saturated rings. The molecule has 37 heavy (non-hydrogen) atoms. The molecule has 5 rings (SSSR count). The maximum atomic E-state index is 12.8. The van der Waals surface area contributed by atoms with Gasteiger partial charge in [-0.25, -0.2) is 5.01 Å². The van der Waals surface area contributed by atoms with E-state index in [1.54, 1.807) is 19.2 Å². The lowest BCUT2D eigenvalue weighted by atomic mass is 9.97. The van der Waals surface area contributed by atoms with Gasteiger partial charge in [-0.15, -0.1) is 0 Å². The number of nitrogens with zero attached hydrogens (tertiary/aromatic N) is 3. The monoisotopic (exact) mass is 512 g/mol. The molecule has 3 aromatic rings. The number of hydrogen-bond donors (Lipinski definition) is 1. The van der Waals surface area contributed by atoms with Crippen molar-refractivity contribution in [2.75, 3.05) is 12.4 Å². The number of carbonyl (C=O) groups excluding carboxylic acids is 2. The lowest BCUT2D eigenvalue weighted by Gasteiger charge is -2.23. The summed E-state index contributed by atoms with van der Waals surface area (Å²) in [7, 11) is 1.55. The molecule has 2 aliphatic rings. The molecule has 0 radical (unpaired) electrons. The first-order valence-corrected chi connectivity index (χ1v) is 13.2. The number of aryl methyl sites for hydroxylation is 1. The van der Waals surface area contributed by atoms with Crippen LogP contribution in [-0.2, 0) is 16.0 Å². The van der Waals surface area contributed by atoms with Crippen LogP contribution in [0, 0.1) is 0 Å². The molecule has 0 unspecified atom stereocenters. The van der Waals surface area contributed by atoms with Gasteiger partial charge in [-0.05, 0) is 35.2 Å². The summed E-state index contributed by atoms with van der Waals surface area (Å²) in [5, 5.41) is 9.52. The predicted molar refractivity (Wildman–Crippen MR) is 148 cm³/mol. The van der Waals surface area contributed by atoms with Crippen LogP contribution in [0.25, 0.3) is 0 Å². The van der Waals surface area contributed by atoms with Gasteiger partial charge in [-0.2, -0.15) is 10.1 Å². The highest BCUT2D eigenvalue weighted by atomic mass is 32.2. The van der Waals surface area contributed by atoms with Crippen molar-refractivity contribution in [1.82, 2.24) is 5.01 Å². The van der Waals surface area contributed by atoms with Gasteiger partial charge >= 0.3 is 0 Å². The van der Waals surface area contributed by atoms with Crippen molar-refractivity contribution >= 4 is 40.1 Å². The first-order valence-electron chi connectivity index (χ1n) is 12.3. The van der Waals surface area contributed by atoms with E-state index in [4.69, 9.17) is 9.84 Å². The summed E-state index contributed by atoms with van der Waals surface area (Å²) < 4.78 is 5.31. The average molecular weight is 513 g/mol. The van der Waals surface area contributed by atoms with Crippen molar-refractivity contribution in [3.8, 4) is 5.75 Å². The largest absolute Gasteiger partial charge is 0.495 e. The van der Waals surface area contributed by atoms with Crippen LogP contribution in [0.15, 0.2) is 89.0 Å². The van der Waals surface area contributed by atoms with Crippen LogP contribution in [0.5, 0.6) is 5.75 Å². The van der Waals surface area contributed by atoms with Crippen molar-refractivity contribution in [1.29, 1.82) is 0 Å². The first kappa shape index (κ1) is 24.8.